The van der Waals surface area contributed by atoms with E-state index in [1.165, 1.54) is 5.56 Å². The Morgan fingerprint density at radius 1 is 1.26 bits per heavy atom. The van der Waals surface area contributed by atoms with Gasteiger partial charge in [0.1, 0.15) is 0 Å². The summed E-state index contributed by atoms with van der Waals surface area (Å²) in [5.74, 6) is -0.806. The number of rotatable bonds is 5. The zero-order valence-electron chi connectivity index (χ0n) is 12.6. The summed E-state index contributed by atoms with van der Waals surface area (Å²) < 4.78 is 0. The van der Waals surface area contributed by atoms with Gasteiger partial charge in [0.25, 0.3) is 0 Å². The highest BCUT2D eigenvalue weighted by atomic mass is 16.4. The molecular formula is C16H25NO2. The van der Waals surface area contributed by atoms with Crippen LogP contribution in [0.5, 0.6) is 0 Å². The van der Waals surface area contributed by atoms with Crippen molar-refractivity contribution >= 4 is 5.97 Å². The van der Waals surface area contributed by atoms with Gasteiger partial charge in [0, 0.05) is 6.54 Å². The molecule has 0 amide bonds. The number of carboxylic acid groups (broad SMARTS) is 1. The van der Waals surface area contributed by atoms with Gasteiger partial charge in [-0.1, -0.05) is 31.5 Å². The molecule has 0 bridgehead atoms. The third-order valence-electron chi connectivity index (χ3n) is 4.23. The minimum Gasteiger partial charge on any atom is -0.481 e. The average Bonchev–Trinajstić information content (AvgIpc) is 2.27. The molecule has 19 heavy (non-hydrogen) atoms. The third-order valence-corrected chi connectivity index (χ3v) is 4.23. The predicted molar refractivity (Wildman–Crippen MR) is 78.3 cm³/mol. The molecule has 0 aliphatic carbocycles. The van der Waals surface area contributed by atoms with Crippen LogP contribution in [0, 0.1) is 32.1 Å². The van der Waals surface area contributed by atoms with Gasteiger partial charge in [-0.2, -0.15) is 0 Å². The van der Waals surface area contributed by atoms with Crippen LogP contribution in [0.15, 0.2) is 12.1 Å². The van der Waals surface area contributed by atoms with Crippen molar-refractivity contribution in [1.29, 1.82) is 0 Å². The zero-order valence-corrected chi connectivity index (χ0v) is 12.6. The number of aliphatic carboxylic acids is 1. The van der Waals surface area contributed by atoms with Gasteiger partial charge in [0.2, 0.25) is 0 Å². The molecule has 3 heteroatoms. The highest BCUT2D eigenvalue weighted by molar-refractivity contribution is 5.76. The Morgan fingerprint density at radius 2 is 1.74 bits per heavy atom. The maximum absolute atomic E-state index is 11.7. The second-order valence-electron chi connectivity index (χ2n) is 5.87. The van der Waals surface area contributed by atoms with Crippen LogP contribution >= 0.6 is 0 Å². The molecule has 0 saturated heterocycles. The molecule has 0 aromatic heterocycles. The van der Waals surface area contributed by atoms with Crippen molar-refractivity contribution in [3.05, 3.63) is 34.4 Å². The molecule has 0 radical (unpaired) electrons. The van der Waals surface area contributed by atoms with Crippen LogP contribution in [-0.4, -0.2) is 17.6 Å². The summed E-state index contributed by atoms with van der Waals surface area (Å²) in [6, 6.07) is 4.21. The predicted octanol–water partition coefficient (Wildman–Crippen LogP) is 2.84. The molecule has 0 aliphatic heterocycles. The van der Waals surface area contributed by atoms with E-state index in [4.69, 9.17) is 5.73 Å². The highest BCUT2D eigenvalue weighted by Crippen LogP contribution is 2.33. The van der Waals surface area contributed by atoms with Crippen LogP contribution in [-0.2, 0) is 11.2 Å². The standard InChI is InChI=1S/C16H25NO2/c1-10(2)16(9-17,15(18)19)8-14-12(4)6-11(3)7-13(14)5/h6-7,10H,8-9,17H2,1-5H3,(H,18,19). The molecule has 1 aromatic carbocycles. The van der Waals surface area contributed by atoms with E-state index in [9.17, 15) is 9.90 Å². The number of hydrogen-bond acceptors (Lipinski definition) is 2. The van der Waals surface area contributed by atoms with E-state index in [0.717, 1.165) is 16.7 Å². The minimum absolute atomic E-state index is 0.00453. The summed E-state index contributed by atoms with van der Waals surface area (Å²) in [4.78, 5) is 11.7. The fourth-order valence-corrected chi connectivity index (χ4v) is 2.73. The Labute approximate surface area is 115 Å². The lowest BCUT2D eigenvalue weighted by Gasteiger charge is -2.33. The van der Waals surface area contributed by atoms with Gasteiger partial charge in [0.15, 0.2) is 0 Å². The number of benzene rings is 1. The first kappa shape index (κ1) is 15.7. The summed E-state index contributed by atoms with van der Waals surface area (Å²) in [6.45, 7) is 10.2. The van der Waals surface area contributed by atoms with Crippen molar-refractivity contribution < 1.29 is 9.90 Å². The van der Waals surface area contributed by atoms with E-state index < -0.39 is 11.4 Å². The average molecular weight is 263 g/mol. The number of carboxylic acids is 1. The Balaban J connectivity index is 3.29. The smallest absolute Gasteiger partial charge is 0.311 e. The van der Waals surface area contributed by atoms with Crippen LogP contribution in [0.1, 0.15) is 36.1 Å². The lowest BCUT2D eigenvalue weighted by Crippen LogP contribution is -2.45. The van der Waals surface area contributed by atoms with Gasteiger partial charge in [0.05, 0.1) is 5.41 Å². The zero-order chi connectivity index (χ0) is 14.8. The molecule has 0 aliphatic rings. The molecule has 0 saturated carbocycles. The van der Waals surface area contributed by atoms with Gasteiger partial charge in [-0.3, -0.25) is 4.79 Å². The van der Waals surface area contributed by atoms with Gasteiger partial charge < -0.3 is 10.8 Å². The van der Waals surface area contributed by atoms with Crippen molar-refractivity contribution in [1.82, 2.24) is 0 Å². The Morgan fingerprint density at radius 3 is 2.05 bits per heavy atom. The minimum atomic E-state index is -0.884. The van der Waals surface area contributed by atoms with Gasteiger partial charge >= 0.3 is 5.97 Å². The van der Waals surface area contributed by atoms with Crippen molar-refractivity contribution in [2.75, 3.05) is 6.54 Å². The molecule has 0 spiro atoms. The lowest BCUT2D eigenvalue weighted by atomic mass is 9.71. The normalized spacial score (nSPS) is 14.5. The van der Waals surface area contributed by atoms with Crippen molar-refractivity contribution in [3.8, 4) is 0 Å². The molecule has 0 heterocycles. The molecule has 1 unspecified atom stereocenters. The van der Waals surface area contributed by atoms with E-state index in [1.54, 1.807) is 0 Å². The lowest BCUT2D eigenvalue weighted by molar-refractivity contribution is -0.151. The second kappa shape index (κ2) is 5.74. The van der Waals surface area contributed by atoms with Crippen LogP contribution in [0.4, 0.5) is 0 Å². The van der Waals surface area contributed by atoms with Crippen molar-refractivity contribution in [3.63, 3.8) is 0 Å². The number of carbonyl (C=O) groups is 1. The molecule has 3 N–H and O–H groups in total. The van der Waals surface area contributed by atoms with E-state index in [2.05, 4.69) is 19.1 Å². The third kappa shape index (κ3) is 2.98. The molecule has 1 rings (SSSR count). The first-order chi connectivity index (χ1) is 8.74. The first-order valence-corrected chi connectivity index (χ1v) is 6.74. The summed E-state index contributed by atoms with van der Waals surface area (Å²) in [6.07, 6.45) is 0.494. The molecule has 1 aromatic rings. The largest absolute Gasteiger partial charge is 0.481 e. The number of hydrogen-bond donors (Lipinski definition) is 2. The highest BCUT2D eigenvalue weighted by Gasteiger charge is 2.41. The maximum atomic E-state index is 11.7. The Bertz CT molecular complexity index is 457. The monoisotopic (exact) mass is 263 g/mol. The Kier molecular flexibility index (Phi) is 4.75. The summed E-state index contributed by atoms with van der Waals surface area (Å²) >= 11 is 0. The molecule has 0 fully saturated rings. The van der Waals surface area contributed by atoms with Crippen LogP contribution in [0.25, 0.3) is 0 Å². The number of nitrogens with two attached hydrogens (primary N) is 1. The van der Waals surface area contributed by atoms with Crippen molar-refractivity contribution in [2.24, 2.45) is 17.1 Å². The van der Waals surface area contributed by atoms with Crippen LogP contribution in [0.2, 0.25) is 0 Å². The van der Waals surface area contributed by atoms with Crippen LogP contribution < -0.4 is 5.73 Å². The molecule has 3 nitrogen and oxygen atoms in total. The van der Waals surface area contributed by atoms with E-state index in [-0.39, 0.29) is 12.5 Å². The summed E-state index contributed by atoms with van der Waals surface area (Å²) in [7, 11) is 0. The fraction of sp³-hybridized carbons (Fsp3) is 0.562. The van der Waals surface area contributed by atoms with Gasteiger partial charge in [-0.05, 0) is 49.8 Å². The molecule has 1 atom stereocenters. The second-order valence-corrected chi connectivity index (χ2v) is 5.87. The van der Waals surface area contributed by atoms with Crippen molar-refractivity contribution in [2.45, 2.75) is 41.0 Å². The molecule has 106 valence electrons. The van der Waals surface area contributed by atoms with Crippen LogP contribution in [0.3, 0.4) is 0 Å². The van der Waals surface area contributed by atoms with E-state index in [1.807, 2.05) is 27.7 Å². The molecular weight excluding hydrogens is 238 g/mol. The summed E-state index contributed by atoms with van der Waals surface area (Å²) in [5, 5.41) is 9.61. The van der Waals surface area contributed by atoms with Gasteiger partial charge in [-0.25, -0.2) is 0 Å². The summed E-state index contributed by atoms with van der Waals surface area (Å²) in [5.41, 5.74) is 9.55. The first-order valence-electron chi connectivity index (χ1n) is 6.74. The van der Waals surface area contributed by atoms with E-state index in [0.29, 0.717) is 6.42 Å². The Hall–Kier alpha value is -1.35. The van der Waals surface area contributed by atoms with Gasteiger partial charge in [-0.15, -0.1) is 0 Å². The quantitative estimate of drug-likeness (QED) is 0.858. The maximum Gasteiger partial charge on any atom is 0.311 e. The number of aryl methyl sites for hydroxylation is 3. The topological polar surface area (TPSA) is 63.3 Å². The SMILES string of the molecule is Cc1cc(C)c(CC(CN)(C(=O)O)C(C)C)c(C)c1. The van der Waals surface area contributed by atoms with E-state index >= 15 is 0 Å². The fourth-order valence-electron chi connectivity index (χ4n) is 2.73.